The van der Waals surface area contributed by atoms with Crippen molar-refractivity contribution in [1.82, 2.24) is 4.90 Å². The number of hydrogen-bond acceptors (Lipinski definition) is 6. The Morgan fingerprint density at radius 2 is 1.89 bits per heavy atom. The topological polar surface area (TPSA) is 103 Å². The first-order valence-electron chi connectivity index (χ1n) is 12.6. The van der Waals surface area contributed by atoms with Gasteiger partial charge in [0.25, 0.3) is 5.91 Å². The fraction of sp³-hybridized carbons (Fsp3) is 0.276. The standard InChI is InChI=1S/C29H30ClN3O4S/c1-37-25-14-9-18(15-24(25)19-5-4-6-22(16-19)33(35)36)17-32(21-12-10-20(31)11-13-21)29(34)28-27(30)23-7-2-3-8-26(23)38-28/h2-9,14-16,20-21,33,35H,10-13,17,31H2,1H3. The Hall–Kier alpha value is -2.98. The Balaban J connectivity index is 1.52. The van der Waals surface area contributed by atoms with Gasteiger partial charge in [0.1, 0.15) is 10.6 Å². The zero-order chi connectivity index (χ0) is 26.8. The van der Waals surface area contributed by atoms with Crippen molar-refractivity contribution in [3.63, 3.8) is 0 Å². The van der Waals surface area contributed by atoms with E-state index in [-0.39, 0.29) is 23.7 Å². The van der Waals surface area contributed by atoms with Gasteiger partial charge in [-0.15, -0.1) is 11.3 Å². The summed E-state index contributed by atoms with van der Waals surface area (Å²) in [6.07, 6.45) is 3.40. The smallest absolute Gasteiger partial charge is 0.266 e. The molecule has 0 aliphatic heterocycles. The number of nitrogens with zero attached hydrogens (tertiary/aromatic N) is 1. The third kappa shape index (κ3) is 5.42. The number of thiophene rings is 1. The number of ether oxygens (including phenoxy) is 1. The molecule has 4 aromatic rings. The van der Waals surface area contributed by atoms with E-state index in [1.165, 1.54) is 11.3 Å². The quantitative estimate of drug-likeness (QED) is 0.261. The number of methoxy groups -OCH3 is 1. The number of rotatable bonds is 7. The lowest BCUT2D eigenvalue weighted by Gasteiger charge is -2.36. The van der Waals surface area contributed by atoms with Gasteiger partial charge in [-0.2, -0.15) is 5.23 Å². The zero-order valence-electron chi connectivity index (χ0n) is 21.0. The molecule has 38 heavy (non-hydrogen) atoms. The molecular formula is C29H30ClN3O4S. The van der Waals surface area contributed by atoms with Gasteiger partial charge in [0.2, 0.25) is 0 Å². The summed E-state index contributed by atoms with van der Waals surface area (Å²) in [5.74, 6) is 0.548. The van der Waals surface area contributed by atoms with E-state index in [1.807, 2.05) is 53.4 Å². The number of hydrogen-bond donors (Lipinski definition) is 3. The van der Waals surface area contributed by atoms with Crippen molar-refractivity contribution >= 4 is 44.6 Å². The highest BCUT2D eigenvalue weighted by atomic mass is 35.5. The van der Waals surface area contributed by atoms with Gasteiger partial charge in [-0.25, -0.2) is 5.21 Å². The maximum Gasteiger partial charge on any atom is 0.266 e. The number of nitrogens with one attached hydrogen (secondary N) is 1. The molecule has 1 fully saturated rings. The number of fused-ring (bicyclic) bond motifs is 1. The van der Waals surface area contributed by atoms with Crippen molar-refractivity contribution < 1.29 is 20.0 Å². The maximum absolute atomic E-state index is 14.0. The summed E-state index contributed by atoms with van der Waals surface area (Å²) in [5, 5.41) is 21.4. The van der Waals surface area contributed by atoms with Gasteiger partial charge in [-0.1, -0.05) is 48.0 Å². The third-order valence-corrected chi connectivity index (χ3v) is 8.87. The molecule has 1 atom stereocenters. The molecule has 1 saturated carbocycles. The largest absolute Gasteiger partial charge is 0.595 e. The second-order valence-electron chi connectivity index (χ2n) is 9.66. The Morgan fingerprint density at radius 3 is 2.61 bits per heavy atom. The average Bonchev–Trinajstić information content (AvgIpc) is 3.28. The minimum absolute atomic E-state index is 0.0458. The highest BCUT2D eigenvalue weighted by Gasteiger charge is 2.31. The lowest BCUT2D eigenvalue weighted by molar-refractivity contribution is -0.991. The molecule has 5 rings (SSSR count). The molecule has 1 aliphatic rings. The second kappa shape index (κ2) is 11.4. The molecule has 1 heterocycles. The molecule has 3 aromatic carbocycles. The Bertz CT molecular complexity index is 1450. The number of benzene rings is 3. The SMILES string of the molecule is COc1ccc(CN(C(=O)c2sc3ccccc3c2Cl)C2CCC(N)CC2)cc1-c1cccc([NH+]([O-])O)c1. The molecule has 4 N–H and O–H groups in total. The Labute approximate surface area is 230 Å². The molecule has 1 aliphatic carbocycles. The molecule has 0 spiro atoms. The predicted molar refractivity (Wildman–Crippen MR) is 151 cm³/mol. The molecule has 0 radical (unpaired) electrons. The van der Waals surface area contributed by atoms with Gasteiger partial charge >= 0.3 is 0 Å². The van der Waals surface area contributed by atoms with Gasteiger partial charge < -0.3 is 20.6 Å². The summed E-state index contributed by atoms with van der Waals surface area (Å²) in [6, 6.07) is 20.5. The molecule has 1 unspecified atom stereocenters. The molecule has 9 heteroatoms. The van der Waals surface area contributed by atoms with E-state index in [4.69, 9.17) is 22.1 Å². The molecular weight excluding hydrogens is 522 g/mol. The van der Waals surface area contributed by atoms with Crippen LogP contribution < -0.4 is 15.7 Å². The summed E-state index contributed by atoms with van der Waals surface area (Å²) in [7, 11) is 1.59. The zero-order valence-corrected chi connectivity index (χ0v) is 22.6. The van der Waals surface area contributed by atoms with Gasteiger partial charge in [0.15, 0.2) is 5.69 Å². The molecule has 0 saturated heterocycles. The van der Waals surface area contributed by atoms with Gasteiger partial charge in [0, 0.05) is 46.4 Å². The first kappa shape index (κ1) is 26.6. The molecule has 0 bridgehead atoms. The van der Waals surface area contributed by atoms with Crippen molar-refractivity contribution in [2.75, 3.05) is 7.11 Å². The van der Waals surface area contributed by atoms with Crippen molar-refractivity contribution in [3.05, 3.63) is 87.4 Å². The van der Waals surface area contributed by atoms with Crippen LogP contribution in [0.25, 0.3) is 21.2 Å². The molecule has 1 amide bonds. The normalized spacial score (nSPS) is 18.3. The second-order valence-corrected chi connectivity index (χ2v) is 11.1. The van der Waals surface area contributed by atoms with Crippen molar-refractivity contribution in [1.29, 1.82) is 0 Å². The van der Waals surface area contributed by atoms with Crippen LogP contribution in [0.5, 0.6) is 5.75 Å². The highest BCUT2D eigenvalue weighted by molar-refractivity contribution is 7.21. The van der Waals surface area contributed by atoms with Crippen LogP contribution in [0.15, 0.2) is 66.7 Å². The third-order valence-electron chi connectivity index (χ3n) is 7.21. The van der Waals surface area contributed by atoms with Crippen LogP contribution in [-0.2, 0) is 6.54 Å². The minimum atomic E-state index is -0.991. The van der Waals surface area contributed by atoms with Crippen molar-refractivity contribution in [3.8, 4) is 16.9 Å². The Kier molecular flexibility index (Phi) is 7.99. The van der Waals surface area contributed by atoms with Gasteiger partial charge in [-0.3, -0.25) is 4.79 Å². The number of carbonyl (C=O) groups excluding carboxylic acids is 1. The van der Waals surface area contributed by atoms with Crippen molar-refractivity contribution in [2.45, 2.75) is 44.3 Å². The van der Waals surface area contributed by atoms with Crippen LogP contribution in [0.2, 0.25) is 5.02 Å². The van der Waals surface area contributed by atoms with E-state index >= 15 is 0 Å². The fourth-order valence-corrected chi connectivity index (χ4v) is 6.63. The first-order chi connectivity index (χ1) is 18.4. The summed E-state index contributed by atoms with van der Waals surface area (Å²) in [4.78, 5) is 16.5. The number of halogens is 1. The van der Waals surface area contributed by atoms with E-state index < -0.39 is 5.23 Å². The highest BCUT2D eigenvalue weighted by Crippen LogP contribution is 2.38. The molecule has 7 nitrogen and oxygen atoms in total. The fourth-order valence-electron chi connectivity index (χ4n) is 5.16. The molecule has 1 aromatic heterocycles. The van der Waals surface area contributed by atoms with Crippen LogP contribution in [0.4, 0.5) is 5.69 Å². The van der Waals surface area contributed by atoms with Gasteiger partial charge in [0.05, 0.1) is 12.1 Å². The Morgan fingerprint density at radius 1 is 1.13 bits per heavy atom. The van der Waals surface area contributed by atoms with E-state index in [0.29, 0.717) is 22.2 Å². The van der Waals surface area contributed by atoms with Crippen LogP contribution in [0, 0.1) is 5.21 Å². The van der Waals surface area contributed by atoms with Crippen molar-refractivity contribution in [2.24, 2.45) is 5.73 Å². The van der Waals surface area contributed by atoms with E-state index in [9.17, 15) is 15.2 Å². The van der Waals surface area contributed by atoms with E-state index in [1.54, 1.807) is 25.3 Å². The van der Waals surface area contributed by atoms with Crippen LogP contribution in [0.3, 0.4) is 0 Å². The minimum Gasteiger partial charge on any atom is -0.595 e. The van der Waals surface area contributed by atoms with E-state index in [2.05, 4.69) is 0 Å². The van der Waals surface area contributed by atoms with Crippen LogP contribution >= 0.6 is 22.9 Å². The monoisotopic (exact) mass is 551 g/mol. The van der Waals surface area contributed by atoms with Crippen LogP contribution in [0.1, 0.15) is 40.9 Å². The summed E-state index contributed by atoms with van der Waals surface area (Å²) in [6.45, 7) is 0.388. The lowest BCUT2D eigenvalue weighted by atomic mass is 9.90. The number of nitrogens with two attached hydrogens (primary N) is 1. The summed E-state index contributed by atoms with van der Waals surface area (Å²) in [5.41, 5.74) is 8.80. The maximum atomic E-state index is 14.0. The lowest BCUT2D eigenvalue weighted by Crippen LogP contribution is -2.99. The first-order valence-corrected chi connectivity index (χ1v) is 13.8. The van der Waals surface area contributed by atoms with E-state index in [0.717, 1.165) is 52.5 Å². The van der Waals surface area contributed by atoms with Gasteiger partial charge in [-0.05, 0) is 55.0 Å². The predicted octanol–water partition coefficient (Wildman–Crippen LogP) is 5.55. The summed E-state index contributed by atoms with van der Waals surface area (Å²) < 4.78 is 6.58. The number of carbonyl (C=O) groups is 1. The number of quaternary nitrogens is 1. The molecule has 198 valence electrons. The summed E-state index contributed by atoms with van der Waals surface area (Å²) >= 11 is 8.15. The average molecular weight is 552 g/mol. The van der Waals surface area contributed by atoms with Crippen LogP contribution in [-0.4, -0.2) is 35.2 Å². The number of amides is 1.